The molecule has 0 unspecified atom stereocenters. The lowest BCUT2D eigenvalue weighted by Crippen LogP contribution is -2.49. The van der Waals surface area contributed by atoms with Crippen molar-refractivity contribution in [3.63, 3.8) is 0 Å². The van der Waals surface area contributed by atoms with Gasteiger partial charge in [-0.25, -0.2) is 14.4 Å². The van der Waals surface area contributed by atoms with Gasteiger partial charge in [0.05, 0.1) is 0 Å². The molecule has 1 aliphatic rings. The Labute approximate surface area is 182 Å². The zero-order valence-corrected chi connectivity index (χ0v) is 18.2. The third-order valence-electron chi connectivity index (χ3n) is 5.72. The molecule has 1 aliphatic heterocycles. The van der Waals surface area contributed by atoms with Crippen LogP contribution >= 0.6 is 0 Å². The quantitative estimate of drug-likeness (QED) is 0.640. The van der Waals surface area contributed by atoms with Gasteiger partial charge in [0, 0.05) is 49.4 Å². The van der Waals surface area contributed by atoms with Crippen molar-refractivity contribution in [2.75, 3.05) is 31.1 Å². The van der Waals surface area contributed by atoms with E-state index in [4.69, 9.17) is 4.98 Å². The Balaban J connectivity index is 1.52. The highest BCUT2D eigenvalue weighted by Crippen LogP contribution is 2.25. The summed E-state index contributed by atoms with van der Waals surface area (Å²) in [5.74, 6) is 1.32. The number of rotatable bonds is 4. The number of carbonyl (C=O) groups excluding carboxylic acids is 1. The van der Waals surface area contributed by atoms with E-state index in [1.807, 2.05) is 18.7 Å². The van der Waals surface area contributed by atoms with E-state index in [0.717, 1.165) is 29.3 Å². The van der Waals surface area contributed by atoms with Crippen LogP contribution in [0, 0.1) is 26.6 Å². The van der Waals surface area contributed by atoms with Crippen molar-refractivity contribution < 1.29 is 9.18 Å². The average molecular weight is 419 g/mol. The zero-order chi connectivity index (χ0) is 22.0. The molecule has 0 spiro atoms. The summed E-state index contributed by atoms with van der Waals surface area (Å²) >= 11 is 0. The molecule has 0 aliphatic carbocycles. The molecule has 0 radical (unpaired) electrons. The van der Waals surface area contributed by atoms with Crippen LogP contribution in [0.5, 0.6) is 0 Å². The Morgan fingerprint density at radius 1 is 0.968 bits per heavy atom. The molecule has 1 amide bonds. The summed E-state index contributed by atoms with van der Waals surface area (Å²) in [5.41, 5.74) is 5.12. The molecule has 4 rings (SSSR count). The molecular weight excluding hydrogens is 391 g/mol. The van der Waals surface area contributed by atoms with Gasteiger partial charge in [0.1, 0.15) is 17.5 Å². The number of carbonyl (C=O) groups is 1. The molecule has 5 nitrogen and oxygen atoms in total. The molecule has 0 N–H and O–H groups in total. The lowest BCUT2D eigenvalue weighted by Gasteiger charge is -2.36. The molecule has 160 valence electrons. The van der Waals surface area contributed by atoms with Crippen LogP contribution < -0.4 is 4.90 Å². The van der Waals surface area contributed by atoms with E-state index in [2.05, 4.69) is 41.1 Å². The number of nitrogens with zero attached hydrogens (tertiary/aromatic N) is 4. The normalized spacial score (nSPS) is 14.1. The number of halogens is 1. The highest BCUT2D eigenvalue weighted by Gasteiger charge is 2.25. The summed E-state index contributed by atoms with van der Waals surface area (Å²) in [6, 6.07) is 14.2. The van der Waals surface area contributed by atoms with Crippen molar-refractivity contribution in [2.45, 2.75) is 27.2 Å². The molecule has 0 saturated carbocycles. The van der Waals surface area contributed by atoms with E-state index in [-0.39, 0.29) is 11.7 Å². The van der Waals surface area contributed by atoms with Gasteiger partial charge in [-0.15, -0.1) is 0 Å². The van der Waals surface area contributed by atoms with Gasteiger partial charge >= 0.3 is 0 Å². The molecule has 0 bridgehead atoms. The fraction of sp³-hybridized carbons (Fsp3) is 0.320. The molecule has 0 atom stereocenters. The van der Waals surface area contributed by atoms with Gasteiger partial charge in [0.15, 0.2) is 0 Å². The van der Waals surface area contributed by atoms with Gasteiger partial charge in [0.25, 0.3) is 5.91 Å². The largest absolute Gasteiger partial charge is 0.353 e. The summed E-state index contributed by atoms with van der Waals surface area (Å²) in [6.07, 6.45) is 0.776. The number of piperazine rings is 1. The zero-order valence-electron chi connectivity index (χ0n) is 18.2. The number of benzene rings is 2. The predicted molar refractivity (Wildman–Crippen MR) is 120 cm³/mol. The standard InChI is InChI=1S/C25H27FN4O/c1-17-5-4-6-20(15-17)16-23-18(2)27-19(3)28-24(23)29-11-13-30(14-12-29)25(31)21-7-9-22(26)10-8-21/h4-10,15H,11-14,16H2,1-3H3. The molecule has 3 aromatic rings. The number of aromatic nitrogens is 2. The molecule has 6 heteroatoms. The SMILES string of the molecule is Cc1cccc(Cc2c(C)nc(C)nc2N2CCN(C(=O)c3ccc(F)cc3)CC2)c1. The number of amides is 1. The Kier molecular flexibility index (Phi) is 5.98. The van der Waals surface area contributed by atoms with Gasteiger partial charge in [-0.05, 0) is 50.6 Å². The topological polar surface area (TPSA) is 49.3 Å². The second-order valence-electron chi connectivity index (χ2n) is 8.11. The minimum absolute atomic E-state index is 0.0605. The molecule has 1 saturated heterocycles. The van der Waals surface area contributed by atoms with Crippen molar-refractivity contribution in [2.24, 2.45) is 0 Å². The van der Waals surface area contributed by atoms with Gasteiger partial charge < -0.3 is 9.80 Å². The van der Waals surface area contributed by atoms with Gasteiger partial charge in [-0.3, -0.25) is 4.79 Å². The molecular formula is C25H27FN4O. The first kappa shape index (κ1) is 21.0. The lowest BCUT2D eigenvalue weighted by molar-refractivity contribution is 0.0746. The van der Waals surface area contributed by atoms with Crippen LogP contribution in [0.3, 0.4) is 0 Å². The first-order valence-electron chi connectivity index (χ1n) is 10.6. The fourth-order valence-corrected chi connectivity index (χ4v) is 4.11. The molecule has 2 aromatic carbocycles. The minimum atomic E-state index is -0.336. The van der Waals surface area contributed by atoms with Crippen molar-refractivity contribution >= 4 is 11.7 Å². The van der Waals surface area contributed by atoms with E-state index >= 15 is 0 Å². The number of aryl methyl sites for hydroxylation is 3. The third-order valence-corrected chi connectivity index (χ3v) is 5.72. The molecule has 31 heavy (non-hydrogen) atoms. The van der Waals surface area contributed by atoms with Crippen molar-refractivity contribution in [1.29, 1.82) is 0 Å². The van der Waals surface area contributed by atoms with Crippen molar-refractivity contribution in [3.05, 3.63) is 88.1 Å². The second kappa shape index (κ2) is 8.84. The Bertz CT molecular complexity index is 1090. The maximum absolute atomic E-state index is 13.2. The number of anilines is 1. The van der Waals surface area contributed by atoms with Crippen molar-refractivity contribution in [3.8, 4) is 0 Å². The summed E-state index contributed by atoms with van der Waals surface area (Å²) in [5, 5.41) is 0. The smallest absolute Gasteiger partial charge is 0.253 e. The van der Waals surface area contributed by atoms with Crippen LogP contribution in [-0.2, 0) is 6.42 Å². The van der Waals surface area contributed by atoms with Crippen LogP contribution in [0.2, 0.25) is 0 Å². The second-order valence-corrected chi connectivity index (χ2v) is 8.11. The highest BCUT2D eigenvalue weighted by atomic mass is 19.1. The minimum Gasteiger partial charge on any atom is -0.353 e. The Morgan fingerprint density at radius 2 is 1.68 bits per heavy atom. The van der Waals surface area contributed by atoms with Crippen LogP contribution in [0.4, 0.5) is 10.2 Å². The third kappa shape index (κ3) is 4.74. The molecule has 1 fully saturated rings. The van der Waals surface area contributed by atoms with Gasteiger partial charge in [-0.2, -0.15) is 0 Å². The maximum Gasteiger partial charge on any atom is 0.253 e. The summed E-state index contributed by atoms with van der Waals surface area (Å²) in [6.45, 7) is 8.65. The molecule has 2 heterocycles. The first-order valence-corrected chi connectivity index (χ1v) is 10.6. The van der Waals surface area contributed by atoms with Crippen LogP contribution in [0.15, 0.2) is 48.5 Å². The van der Waals surface area contributed by atoms with E-state index in [0.29, 0.717) is 31.7 Å². The Morgan fingerprint density at radius 3 is 2.35 bits per heavy atom. The van der Waals surface area contributed by atoms with Gasteiger partial charge in [-0.1, -0.05) is 29.8 Å². The fourth-order valence-electron chi connectivity index (χ4n) is 4.11. The predicted octanol–water partition coefficient (Wildman–Crippen LogP) is 4.09. The highest BCUT2D eigenvalue weighted by molar-refractivity contribution is 5.94. The van der Waals surface area contributed by atoms with E-state index in [1.54, 1.807) is 12.1 Å². The van der Waals surface area contributed by atoms with Gasteiger partial charge in [0.2, 0.25) is 0 Å². The summed E-state index contributed by atoms with van der Waals surface area (Å²) in [4.78, 5) is 26.2. The van der Waals surface area contributed by atoms with E-state index in [9.17, 15) is 9.18 Å². The van der Waals surface area contributed by atoms with Crippen LogP contribution in [0.25, 0.3) is 0 Å². The first-order chi connectivity index (χ1) is 14.9. The monoisotopic (exact) mass is 418 g/mol. The average Bonchev–Trinajstić information content (AvgIpc) is 2.76. The lowest BCUT2D eigenvalue weighted by atomic mass is 10.0. The number of hydrogen-bond acceptors (Lipinski definition) is 4. The molecule has 1 aromatic heterocycles. The maximum atomic E-state index is 13.2. The van der Waals surface area contributed by atoms with E-state index in [1.165, 1.54) is 23.3 Å². The Hall–Kier alpha value is -3.28. The summed E-state index contributed by atoms with van der Waals surface area (Å²) < 4.78 is 13.2. The number of hydrogen-bond donors (Lipinski definition) is 0. The van der Waals surface area contributed by atoms with E-state index < -0.39 is 0 Å². The van der Waals surface area contributed by atoms with Crippen LogP contribution in [0.1, 0.15) is 38.6 Å². The van der Waals surface area contributed by atoms with Crippen molar-refractivity contribution in [1.82, 2.24) is 14.9 Å². The summed E-state index contributed by atoms with van der Waals surface area (Å²) in [7, 11) is 0. The van der Waals surface area contributed by atoms with Crippen LogP contribution in [-0.4, -0.2) is 47.0 Å².